The van der Waals surface area contributed by atoms with Crippen molar-refractivity contribution in [1.29, 1.82) is 0 Å². The Hall–Kier alpha value is -3.32. The number of carbonyl (C=O) groups excluding carboxylic acids is 2. The summed E-state index contributed by atoms with van der Waals surface area (Å²) in [5, 5.41) is 0.771. The van der Waals surface area contributed by atoms with Crippen molar-refractivity contribution in [3.63, 3.8) is 0 Å². The van der Waals surface area contributed by atoms with E-state index in [2.05, 4.69) is 40.7 Å². The topological polar surface area (TPSA) is 71.0 Å². The van der Waals surface area contributed by atoms with Crippen LogP contribution in [0.15, 0.2) is 66.0 Å². The number of hydrogen-bond acceptors (Lipinski definition) is 4. The smallest absolute Gasteiger partial charge is 0.270 e. The number of rotatable bonds is 6. The number of imidazole rings is 1. The molecule has 7 heteroatoms. The van der Waals surface area contributed by atoms with E-state index in [1.54, 1.807) is 12.3 Å². The molecule has 1 saturated heterocycles. The number of ketones is 1. The van der Waals surface area contributed by atoms with Gasteiger partial charge in [0.2, 0.25) is 0 Å². The fourth-order valence-corrected chi connectivity index (χ4v) is 4.95. The number of likely N-dealkylation sites (tertiary alicyclic amines) is 1. The minimum atomic E-state index is -0.0331. The lowest BCUT2D eigenvalue weighted by molar-refractivity contribution is 0.0787. The van der Waals surface area contributed by atoms with E-state index in [1.165, 1.54) is 17.3 Å². The standard InChI is InChI=1S/C25H24N4O2S/c1-17-8-10-19(11-9-17)29-22-7-3-2-6-20(22)27-25(29)32-16-23(30)18-14-21(26-15-18)24(31)28-12-4-5-13-28/h2-3,6-11,14-15,26H,4-5,12-13,16H2,1H3. The molecule has 1 aliphatic rings. The van der Waals surface area contributed by atoms with Gasteiger partial charge in [-0.15, -0.1) is 0 Å². The Morgan fingerprint density at radius 3 is 2.59 bits per heavy atom. The molecule has 3 heterocycles. The van der Waals surface area contributed by atoms with Gasteiger partial charge in [0, 0.05) is 30.5 Å². The molecule has 1 N–H and O–H groups in total. The van der Waals surface area contributed by atoms with Gasteiger partial charge in [-0.05, 0) is 50.1 Å². The first-order chi connectivity index (χ1) is 15.6. The number of Topliss-reactive ketones (excluding diaryl/α,β-unsaturated/α-hetero) is 1. The molecule has 1 aliphatic heterocycles. The number of H-pyrrole nitrogens is 1. The zero-order valence-corrected chi connectivity index (χ0v) is 18.7. The van der Waals surface area contributed by atoms with Crippen LogP contribution in [0.1, 0.15) is 39.3 Å². The van der Waals surface area contributed by atoms with Gasteiger partial charge in [0.15, 0.2) is 10.9 Å². The van der Waals surface area contributed by atoms with Crippen LogP contribution >= 0.6 is 11.8 Å². The van der Waals surface area contributed by atoms with Gasteiger partial charge < -0.3 is 9.88 Å². The van der Waals surface area contributed by atoms with Crippen molar-refractivity contribution in [3.05, 3.63) is 77.6 Å². The summed E-state index contributed by atoms with van der Waals surface area (Å²) in [6.07, 6.45) is 3.71. The second kappa shape index (κ2) is 8.67. The molecule has 0 bridgehead atoms. The summed E-state index contributed by atoms with van der Waals surface area (Å²) in [6.45, 7) is 3.63. The zero-order valence-electron chi connectivity index (χ0n) is 17.9. The molecule has 0 spiro atoms. The van der Waals surface area contributed by atoms with E-state index in [9.17, 15) is 9.59 Å². The van der Waals surface area contributed by atoms with E-state index < -0.39 is 0 Å². The molecule has 6 nitrogen and oxygen atoms in total. The molecular formula is C25H24N4O2S. The minimum absolute atomic E-state index is 0.0321. The Labute approximate surface area is 190 Å². The number of amides is 1. The monoisotopic (exact) mass is 444 g/mol. The Balaban J connectivity index is 1.36. The lowest BCUT2D eigenvalue weighted by Gasteiger charge is -2.13. The van der Waals surface area contributed by atoms with Crippen LogP contribution in [0.25, 0.3) is 16.7 Å². The van der Waals surface area contributed by atoms with Crippen LogP contribution in [0.3, 0.4) is 0 Å². The number of nitrogens with one attached hydrogen (secondary N) is 1. The van der Waals surface area contributed by atoms with E-state index in [-0.39, 0.29) is 17.4 Å². The Bertz CT molecular complexity index is 1280. The summed E-state index contributed by atoms with van der Waals surface area (Å²) in [7, 11) is 0. The number of aryl methyl sites for hydroxylation is 1. The third-order valence-corrected chi connectivity index (χ3v) is 6.72. The molecule has 5 rings (SSSR count). The van der Waals surface area contributed by atoms with Crippen molar-refractivity contribution in [1.82, 2.24) is 19.4 Å². The maximum Gasteiger partial charge on any atom is 0.270 e. The van der Waals surface area contributed by atoms with Gasteiger partial charge in [0.1, 0.15) is 5.69 Å². The number of benzene rings is 2. The average molecular weight is 445 g/mol. The highest BCUT2D eigenvalue weighted by molar-refractivity contribution is 7.99. The number of hydrogen-bond donors (Lipinski definition) is 1. The highest BCUT2D eigenvalue weighted by Gasteiger charge is 2.22. The molecule has 2 aromatic carbocycles. The average Bonchev–Trinajstić information content (AvgIpc) is 3.57. The van der Waals surface area contributed by atoms with Gasteiger partial charge in [0.25, 0.3) is 5.91 Å². The van der Waals surface area contributed by atoms with Crippen molar-refractivity contribution in [2.24, 2.45) is 0 Å². The molecule has 0 aliphatic carbocycles. The maximum absolute atomic E-state index is 12.9. The van der Waals surface area contributed by atoms with Gasteiger partial charge in [-0.2, -0.15) is 0 Å². The molecule has 1 fully saturated rings. The molecule has 2 aromatic heterocycles. The molecule has 1 amide bonds. The van der Waals surface area contributed by atoms with E-state index in [0.29, 0.717) is 11.3 Å². The van der Waals surface area contributed by atoms with Crippen molar-refractivity contribution in [2.45, 2.75) is 24.9 Å². The summed E-state index contributed by atoms with van der Waals surface area (Å²) >= 11 is 1.41. The Morgan fingerprint density at radius 1 is 1.06 bits per heavy atom. The summed E-state index contributed by atoms with van der Waals surface area (Å²) in [5.74, 6) is 0.175. The van der Waals surface area contributed by atoms with Crippen molar-refractivity contribution in [3.8, 4) is 5.69 Å². The lowest BCUT2D eigenvalue weighted by atomic mass is 10.2. The number of aromatic nitrogens is 3. The largest absolute Gasteiger partial charge is 0.356 e. The second-order valence-corrected chi connectivity index (χ2v) is 9.01. The third-order valence-electron chi connectivity index (χ3n) is 5.78. The van der Waals surface area contributed by atoms with Crippen LogP contribution < -0.4 is 0 Å². The van der Waals surface area contributed by atoms with Crippen LogP contribution in [-0.2, 0) is 0 Å². The number of aromatic amines is 1. The predicted molar refractivity (Wildman–Crippen MR) is 127 cm³/mol. The number of thioether (sulfide) groups is 1. The fourth-order valence-electron chi connectivity index (χ4n) is 4.03. The van der Waals surface area contributed by atoms with Crippen molar-refractivity contribution >= 4 is 34.5 Å². The van der Waals surface area contributed by atoms with Crippen LogP contribution in [0.2, 0.25) is 0 Å². The number of para-hydroxylation sites is 2. The van der Waals surface area contributed by atoms with Crippen molar-refractivity contribution in [2.75, 3.05) is 18.8 Å². The lowest BCUT2D eigenvalue weighted by Crippen LogP contribution is -2.27. The molecule has 0 atom stereocenters. The first-order valence-corrected chi connectivity index (χ1v) is 11.8. The van der Waals surface area contributed by atoms with E-state index in [1.807, 2.05) is 29.2 Å². The maximum atomic E-state index is 12.9. The number of carbonyl (C=O) groups is 2. The normalized spacial score (nSPS) is 13.7. The van der Waals surface area contributed by atoms with Gasteiger partial charge in [0.05, 0.1) is 16.8 Å². The van der Waals surface area contributed by atoms with Gasteiger partial charge in [-0.1, -0.05) is 41.6 Å². The van der Waals surface area contributed by atoms with Gasteiger partial charge in [-0.25, -0.2) is 4.98 Å². The molecule has 32 heavy (non-hydrogen) atoms. The highest BCUT2D eigenvalue weighted by atomic mass is 32.2. The Morgan fingerprint density at radius 2 is 1.81 bits per heavy atom. The number of nitrogens with zero attached hydrogens (tertiary/aromatic N) is 3. The summed E-state index contributed by atoms with van der Waals surface area (Å²) in [5.41, 5.74) is 5.11. The minimum Gasteiger partial charge on any atom is -0.356 e. The van der Waals surface area contributed by atoms with Crippen molar-refractivity contribution < 1.29 is 9.59 Å². The highest BCUT2D eigenvalue weighted by Crippen LogP contribution is 2.28. The first kappa shape index (κ1) is 20.6. The van der Waals surface area contributed by atoms with Crippen LogP contribution in [0.5, 0.6) is 0 Å². The number of fused-ring (bicyclic) bond motifs is 1. The molecule has 162 valence electrons. The van der Waals surface area contributed by atoms with E-state index in [4.69, 9.17) is 4.98 Å². The third kappa shape index (κ3) is 3.96. The molecule has 0 unspecified atom stereocenters. The van der Waals surface area contributed by atoms with Crippen LogP contribution in [-0.4, -0.2) is 50.0 Å². The van der Waals surface area contributed by atoms with Gasteiger partial charge in [-0.3, -0.25) is 14.2 Å². The molecule has 0 saturated carbocycles. The first-order valence-electron chi connectivity index (χ1n) is 10.8. The van der Waals surface area contributed by atoms with Crippen LogP contribution in [0, 0.1) is 6.92 Å². The second-order valence-electron chi connectivity index (χ2n) is 8.07. The zero-order chi connectivity index (χ0) is 22.1. The summed E-state index contributed by atoms with van der Waals surface area (Å²) < 4.78 is 2.09. The fraction of sp³-hybridized carbons (Fsp3) is 0.240. The van der Waals surface area contributed by atoms with E-state index >= 15 is 0 Å². The Kier molecular flexibility index (Phi) is 5.57. The molecule has 0 radical (unpaired) electrons. The summed E-state index contributed by atoms with van der Waals surface area (Å²) in [4.78, 5) is 35.0. The van der Waals surface area contributed by atoms with Gasteiger partial charge >= 0.3 is 0 Å². The summed E-state index contributed by atoms with van der Waals surface area (Å²) in [6, 6.07) is 17.9. The predicted octanol–water partition coefficient (Wildman–Crippen LogP) is 4.87. The van der Waals surface area contributed by atoms with E-state index in [0.717, 1.165) is 47.8 Å². The molecule has 4 aromatic rings. The molecular weight excluding hydrogens is 420 g/mol. The quantitative estimate of drug-likeness (QED) is 0.340. The van der Waals surface area contributed by atoms with Crippen LogP contribution in [0.4, 0.5) is 0 Å². The SMILES string of the molecule is Cc1ccc(-n2c(SCC(=O)c3c[nH]c(C(=O)N4CCCC4)c3)nc3ccccc32)cc1.